The van der Waals surface area contributed by atoms with Crippen molar-refractivity contribution in [3.63, 3.8) is 0 Å². The topological polar surface area (TPSA) is 59.8 Å². The SMILES string of the molecule is CC(C)(C)OC(=O)N1CCc2cccc(-c3ccc(C=O)o3)c21. The Labute approximate surface area is 134 Å². The van der Waals surface area contributed by atoms with Gasteiger partial charge in [-0.25, -0.2) is 4.79 Å². The van der Waals surface area contributed by atoms with Gasteiger partial charge in [0, 0.05) is 12.1 Å². The zero-order chi connectivity index (χ0) is 16.6. The number of amides is 1. The highest BCUT2D eigenvalue weighted by atomic mass is 16.6. The maximum Gasteiger partial charge on any atom is 0.414 e. The molecule has 0 saturated carbocycles. The fraction of sp³-hybridized carbons (Fsp3) is 0.333. The Morgan fingerprint density at radius 1 is 1.26 bits per heavy atom. The summed E-state index contributed by atoms with van der Waals surface area (Å²) in [5.41, 5.74) is 2.11. The van der Waals surface area contributed by atoms with Crippen molar-refractivity contribution in [1.29, 1.82) is 0 Å². The van der Waals surface area contributed by atoms with Gasteiger partial charge in [0.25, 0.3) is 0 Å². The maximum absolute atomic E-state index is 12.5. The summed E-state index contributed by atoms with van der Waals surface area (Å²) in [6.45, 7) is 6.10. The minimum Gasteiger partial charge on any atom is -0.453 e. The van der Waals surface area contributed by atoms with Gasteiger partial charge in [-0.1, -0.05) is 12.1 Å². The van der Waals surface area contributed by atoms with E-state index in [1.807, 2.05) is 39.0 Å². The van der Waals surface area contributed by atoms with Crippen LogP contribution in [0.4, 0.5) is 10.5 Å². The van der Waals surface area contributed by atoms with Crippen LogP contribution in [0.1, 0.15) is 36.9 Å². The molecule has 0 fully saturated rings. The summed E-state index contributed by atoms with van der Waals surface area (Å²) in [6, 6.07) is 9.16. The van der Waals surface area contributed by atoms with Gasteiger partial charge in [-0.2, -0.15) is 0 Å². The van der Waals surface area contributed by atoms with E-state index in [2.05, 4.69) is 0 Å². The first kappa shape index (κ1) is 15.3. The molecule has 0 N–H and O–H groups in total. The molecule has 2 heterocycles. The quantitative estimate of drug-likeness (QED) is 0.785. The van der Waals surface area contributed by atoms with E-state index in [1.54, 1.807) is 17.0 Å². The lowest BCUT2D eigenvalue weighted by atomic mass is 10.1. The largest absolute Gasteiger partial charge is 0.453 e. The molecule has 2 aromatic rings. The van der Waals surface area contributed by atoms with Crippen molar-refractivity contribution in [1.82, 2.24) is 0 Å². The fourth-order valence-electron chi connectivity index (χ4n) is 2.72. The summed E-state index contributed by atoms with van der Waals surface area (Å²) in [5, 5.41) is 0. The second kappa shape index (κ2) is 5.57. The van der Waals surface area contributed by atoms with Crippen molar-refractivity contribution in [3.8, 4) is 11.3 Å². The zero-order valence-corrected chi connectivity index (χ0v) is 13.5. The second-order valence-corrected chi connectivity index (χ2v) is 6.52. The summed E-state index contributed by atoms with van der Waals surface area (Å²) in [5.74, 6) is 0.832. The molecule has 1 amide bonds. The molecule has 1 aromatic carbocycles. The molecule has 0 radical (unpaired) electrons. The molecular formula is C18H19NO4. The van der Waals surface area contributed by atoms with E-state index in [9.17, 15) is 9.59 Å². The lowest BCUT2D eigenvalue weighted by Crippen LogP contribution is -2.35. The van der Waals surface area contributed by atoms with E-state index in [0.29, 0.717) is 18.6 Å². The van der Waals surface area contributed by atoms with Gasteiger partial charge < -0.3 is 9.15 Å². The number of aldehydes is 1. The minimum atomic E-state index is -0.551. The first-order valence-electron chi connectivity index (χ1n) is 7.57. The van der Waals surface area contributed by atoms with Crippen LogP contribution in [0.3, 0.4) is 0 Å². The van der Waals surface area contributed by atoms with Crippen molar-refractivity contribution in [3.05, 3.63) is 41.7 Å². The van der Waals surface area contributed by atoms with Crippen molar-refractivity contribution in [2.45, 2.75) is 32.8 Å². The highest BCUT2D eigenvalue weighted by molar-refractivity contribution is 5.96. The number of carbonyl (C=O) groups excluding carboxylic acids is 2. The molecule has 5 nitrogen and oxygen atoms in total. The molecule has 3 rings (SSSR count). The van der Waals surface area contributed by atoms with Crippen LogP contribution in [-0.4, -0.2) is 24.5 Å². The highest BCUT2D eigenvalue weighted by Gasteiger charge is 2.31. The van der Waals surface area contributed by atoms with Crippen LogP contribution < -0.4 is 4.90 Å². The number of carbonyl (C=O) groups is 2. The first-order valence-corrected chi connectivity index (χ1v) is 7.57. The van der Waals surface area contributed by atoms with Gasteiger partial charge >= 0.3 is 6.09 Å². The number of ether oxygens (including phenoxy) is 1. The summed E-state index contributed by atoms with van der Waals surface area (Å²) < 4.78 is 11.0. The number of hydrogen-bond donors (Lipinski definition) is 0. The van der Waals surface area contributed by atoms with Gasteiger partial charge in [0.05, 0.1) is 5.69 Å². The number of benzene rings is 1. The molecular weight excluding hydrogens is 294 g/mol. The number of para-hydroxylation sites is 1. The third kappa shape index (κ3) is 2.99. The van der Waals surface area contributed by atoms with Crippen LogP contribution in [0.5, 0.6) is 0 Å². The number of rotatable bonds is 2. The smallest absolute Gasteiger partial charge is 0.414 e. The predicted octanol–water partition coefficient (Wildman–Crippen LogP) is 4.06. The molecule has 0 saturated heterocycles. The molecule has 0 atom stereocenters. The summed E-state index contributed by atoms with van der Waals surface area (Å²) in [7, 11) is 0. The fourth-order valence-corrected chi connectivity index (χ4v) is 2.72. The van der Waals surface area contributed by atoms with Gasteiger partial charge in [0.2, 0.25) is 0 Å². The Morgan fingerprint density at radius 2 is 2.04 bits per heavy atom. The molecule has 1 aromatic heterocycles. The highest BCUT2D eigenvalue weighted by Crippen LogP contribution is 2.39. The molecule has 5 heteroatoms. The van der Waals surface area contributed by atoms with Gasteiger partial charge in [0.15, 0.2) is 12.0 Å². The third-order valence-electron chi connectivity index (χ3n) is 3.62. The normalized spacial score (nSPS) is 13.8. The van der Waals surface area contributed by atoms with Crippen LogP contribution in [0.25, 0.3) is 11.3 Å². The molecule has 1 aliphatic rings. The van der Waals surface area contributed by atoms with Crippen molar-refractivity contribution in [2.24, 2.45) is 0 Å². The summed E-state index contributed by atoms with van der Waals surface area (Å²) in [4.78, 5) is 25.0. The summed E-state index contributed by atoms with van der Waals surface area (Å²) in [6.07, 6.45) is 1.06. The number of furan rings is 1. The van der Waals surface area contributed by atoms with Crippen LogP contribution in [0, 0.1) is 0 Å². The molecule has 0 bridgehead atoms. The Kier molecular flexibility index (Phi) is 3.72. The number of fused-ring (bicyclic) bond motifs is 1. The molecule has 0 spiro atoms. The van der Waals surface area contributed by atoms with Gasteiger partial charge in [0.1, 0.15) is 11.4 Å². The van der Waals surface area contributed by atoms with E-state index in [4.69, 9.17) is 9.15 Å². The molecule has 0 unspecified atom stereocenters. The van der Waals surface area contributed by atoms with Crippen molar-refractivity contribution in [2.75, 3.05) is 11.4 Å². The number of nitrogens with zero attached hydrogens (tertiary/aromatic N) is 1. The lowest BCUT2D eigenvalue weighted by Gasteiger charge is -2.25. The van der Waals surface area contributed by atoms with Crippen LogP contribution in [-0.2, 0) is 11.2 Å². The van der Waals surface area contributed by atoms with E-state index in [-0.39, 0.29) is 11.9 Å². The average molecular weight is 313 g/mol. The Morgan fingerprint density at radius 3 is 2.70 bits per heavy atom. The van der Waals surface area contributed by atoms with Crippen LogP contribution in [0.2, 0.25) is 0 Å². The van der Waals surface area contributed by atoms with E-state index in [0.717, 1.165) is 23.2 Å². The summed E-state index contributed by atoms with van der Waals surface area (Å²) >= 11 is 0. The second-order valence-electron chi connectivity index (χ2n) is 6.52. The van der Waals surface area contributed by atoms with E-state index < -0.39 is 5.60 Å². The molecule has 120 valence electrons. The predicted molar refractivity (Wildman–Crippen MR) is 86.8 cm³/mol. The van der Waals surface area contributed by atoms with E-state index in [1.165, 1.54) is 0 Å². The molecule has 23 heavy (non-hydrogen) atoms. The lowest BCUT2D eigenvalue weighted by molar-refractivity contribution is 0.0584. The first-order chi connectivity index (χ1) is 10.9. The van der Waals surface area contributed by atoms with Crippen molar-refractivity contribution < 1.29 is 18.7 Å². The number of anilines is 1. The third-order valence-corrected chi connectivity index (χ3v) is 3.62. The van der Waals surface area contributed by atoms with Crippen molar-refractivity contribution >= 4 is 18.1 Å². The Hall–Kier alpha value is -2.56. The van der Waals surface area contributed by atoms with Gasteiger partial charge in [-0.15, -0.1) is 0 Å². The minimum absolute atomic E-state index is 0.263. The maximum atomic E-state index is 12.5. The van der Waals surface area contributed by atoms with Gasteiger partial charge in [-0.3, -0.25) is 9.69 Å². The number of hydrogen-bond acceptors (Lipinski definition) is 4. The van der Waals surface area contributed by atoms with Crippen LogP contribution >= 0.6 is 0 Å². The molecule has 0 aliphatic carbocycles. The molecule has 1 aliphatic heterocycles. The van der Waals surface area contributed by atoms with Crippen LogP contribution in [0.15, 0.2) is 34.7 Å². The Balaban J connectivity index is 2.01. The zero-order valence-electron chi connectivity index (χ0n) is 13.5. The standard InChI is InChI=1S/C18H19NO4/c1-18(2,3)23-17(21)19-10-9-12-5-4-6-14(16(12)19)15-8-7-13(11-20)22-15/h4-8,11H,9-10H2,1-3H3. The van der Waals surface area contributed by atoms with E-state index >= 15 is 0 Å². The monoisotopic (exact) mass is 313 g/mol. The van der Waals surface area contributed by atoms with Gasteiger partial charge in [-0.05, 0) is 51.0 Å². The Bertz CT molecular complexity index is 755. The average Bonchev–Trinajstić information content (AvgIpc) is 3.11.